The zero-order valence-corrected chi connectivity index (χ0v) is 10.6. The quantitative estimate of drug-likeness (QED) is 0.736. The van der Waals surface area contributed by atoms with E-state index < -0.39 is 0 Å². The Morgan fingerprint density at radius 2 is 1.76 bits per heavy atom. The van der Waals surface area contributed by atoms with E-state index in [2.05, 4.69) is 0 Å². The van der Waals surface area contributed by atoms with Crippen LogP contribution in [0.1, 0.15) is 23.5 Å². The molecule has 0 N–H and O–H groups in total. The molecule has 1 heterocycles. The third kappa shape index (κ3) is 2.61. The SMILES string of the molecule is CC(C)C(=O)c1ccc(-c2ccc(F)cc2)s1. The number of halogens is 1. The molecule has 0 saturated heterocycles. The standard InChI is InChI=1S/C14H13FOS/c1-9(2)14(16)13-8-7-12(17-13)10-3-5-11(15)6-4-10/h3-9H,1-2H3. The highest BCUT2D eigenvalue weighted by molar-refractivity contribution is 7.17. The summed E-state index contributed by atoms with van der Waals surface area (Å²) in [5.74, 6) is -0.0816. The van der Waals surface area contributed by atoms with Crippen LogP contribution in [0.4, 0.5) is 4.39 Å². The summed E-state index contributed by atoms with van der Waals surface area (Å²) in [5, 5.41) is 0. The minimum atomic E-state index is -0.246. The molecule has 2 aromatic rings. The lowest BCUT2D eigenvalue weighted by molar-refractivity contribution is 0.0943. The van der Waals surface area contributed by atoms with Gasteiger partial charge in [0.15, 0.2) is 5.78 Å². The number of hydrogen-bond acceptors (Lipinski definition) is 2. The molecule has 0 bridgehead atoms. The number of thiophene rings is 1. The van der Waals surface area contributed by atoms with Crippen molar-refractivity contribution in [2.75, 3.05) is 0 Å². The lowest BCUT2D eigenvalue weighted by Gasteiger charge is -1.99. The van der Waals surface area contributed by atoms with Gasteiger partial charge in [-0.05, 0) is 29.8 Å². The molecule has 0 amide bonds. The first kappa shape index (κ1) is 12.0. The third-order valence-corrected chi connectivity index (χ3v) is 3.65. The van der Waals surface area contributed by atoms with E-state index in [1.165, 1.54) is 23.5 Å². The van der Waals surface area contributed by atoms with Gasteiger partial charge in [0.2, 0.25) is 0 Å². The van der Waals surface area contributed by atoms with E-state index >= 15 is 0 Å². The number of ketones is 1. The van der Waals surface area contributed by atoms with Gasteiger partial charge in [-0.1, -0.05) is 26.0 Å². The summed E-state index contributed by atoms with van der Waals surface area (Å²) >= 11 is 1.46. The van der Waals surface area contributed by atoms with Gasteiger partial charge in [-0.15, -0.1) is 11.3 Å². The molecule has 3 heteroatoms. The Kier molecular flexibility index (Phi) is 3.38. The predicted molar refractivity (Wildman–Crippen MR) is 68.9 cm³/mol. The molecule has 0 saturated carbocycles. The van der Waals surface area contributed by atoms with Crippen LogP contribution in [0.15, 0.2) is 36.4 Å². The molecule has 0 aliphatic rings. The third-order valence-electron chi connectivity index (χ3n) is 2.50. The van der Waals surface area contributed by atoms with E-state index in [9.17, 15) is 9.18 Å². The highest BCUT2D eigenvalue weighted by Crippen LogP contribution is 2.29. The van der Waals surface area contributed by atoms with Gasteiger partial charge in [-0.3, -0.25) is 4.79 Å². The Bertz CT molecular complexity index is 525. The smallest absolute Gasteiger partial charge is 0.175 e. The van der Waals surface area contributed by atoms with Gasteiger partial charge in [0.25, 0.3) is 0 Å². The first-order valence-electron chi connectivity index (χ1n) is 5.48. The minimum absolute atomic E-state index is 0.00900. The Morgan fingerprint density at radius 3 is 2.35 bits per heavy atom. The number of Topliss-reactive ketones (excluding diaryl/α,β-unsaturated/α-hetero) is 1. The summed E-state index contributed by atoms with van der Waals surface area (Å²) in [4.78, 5) is 13.6. The van der Waals surface area contributed by atoms with Crippen LogP contribution in [0.5, 0.6) is 0 Å². The summed E-state index contributed by atoms with van der Waals surface area (Å²) in [6.07, 6.45) is 0. The van der Waals surface area contributed by atoms with Crippen LogP contribution in [-0.2, 0) is 0 Å². The Balaban J connectivity index is 2.30. The number of carbonyl (C=O) groups is 1. The minimum Gasteiger partial charge on any atom is -0.293 e. The van der Waals surface area contributed by atoms with Gasteiger partial charge in [-0.25, -0.2) is 4.39 Å². The molecule has 1 aromatic carbocycles. The zero-order valence-electron chi connectivity index (χ0n) is 9.74. The predicted octanol–water partition coefficient (Wildman–Crippen LogP) is 4.39. The molecule has 88 valence electrons. The van der Waals surface area contributed by atoms with Crippen molar-refractivity contribution < 1.29 is 9.18 Å². The van der Waals surface area contributed by atoms with Crippen LogP contribution in [-0.4, -0.2) is 5.78 Å². The molecule has 0 atom stereocenters. The lowest BCUT2D eigenvalue weighted by atomic mass is 10.1. The highest BCUT2D eigenvalue weighted by Gasteiger charge is 2.13. The second kappa shape index (κ2) is 4.80. The summed E-state index contributed by atoms with van der Waals surface area (Å²) < 4.78 is 12.8. The van der Waals surface area contributed by atoms with E-state index in [0.717, 1.165) is 15.3 Å². The van der Waals surface area contributed by atoms with Crippen molar-refractivity contribution in [3.05, 3.63) is 47.1 Å². The maximum atomic E-state index is 12.8. The molecule has 0 radical (unpaired) electrons. The van der Waals surface area contributed by atoms with Crippen LogP contribution in [0.25, 0.3) is 10.4 Å². The van der Waals surface area contributed by atoms with Crippen molar-refractivity contribution in [1.82, 2.24) is 0 Å². The molecule has 0 spiro atoms. The summed E-state index contributed by atoms with van der Waals surface area (Å²) in [7, 11) is 0. The van der Waals surface area contributed by atoms with E-state index in [1.54, 1.807) is 12.1 Å². The van der Waals surface area contributed by atoms with Gasteiger partial charge in [0, 0.05) is 10.8 Å². The highest BCUT2D eigenvalue weighted by atomic mass is 32.1. The number of rotatable bonds is 3. The normalized spacial score (nSPS) is 10.8. The summed E-state index contributed by atoms with van der Waals surface area (Å²) in [6.45, 7) is 3.78. The van der Waals surface area contributed by atoms with Crippen molar-refractivity contribution in [3.63, 3.8) is 0 Å². The summed E-state index contributed by atoms with van der Waals surface area (Å²) in [6, 6.07) is 10.1. The fourth-order valence-corrected chi connectivity index (χ4v) is 2.62. The molecule has 0 fully saturated rings. The Labute approximate surface area is 104 Å². The number of carbonyl (C=O) groups excluding carboxylic acids is 1. The number of benzene rings is 1. The molecule has 17 heavy (non-hydrogen) atoms. The number of hydrogen-bond donors (Lipinski definition) is 0. The van der Waals surface area contributed by atoms with E-state index in [0.29, 0.717) is 0 Å². The fourth-order valence-electron chi connectivity index (χ4n) is 1.52. The average Bonchev–Trinajstić information content (AvgIpc) is 2.78. The molecular weight excluding hydrogens is 235 g/mol. The molecule has 2 rings (SSSR count). The van der Waals surface area contributed by atoms with Crippen LogP contribution in [0.2, 0.25) is 0 Å². The fraction of sp³-hybridized carbons (Fsp3) is 0.214. The molecule has 1 nitrogen and oxygen atoms in total. The topological polar surface area (TPSA) is 17.1 Å². The monoisotopic (exact) mass is 248 g/mol. The van der Waals surface area contributed by atoms with Crippen molar-refractivity contribution in [1.29, 1.82) is 0 Å². The van der Waals surface area contributed by atoms with Crippen LogP contribution < -0.4 is 0 Å². The molecule has 0 unspecified atom stereocenters. The lowest BCUT2D eigenvalue weighted by Crippen LogP contribution is -2.04. The Hall–Kier alpha value is -1.48. The van der Waals surface area contributed by atoms with Gasteiger partial charge in [0.1, 0.15) is 5.82 Å². The van der Waals surface area contributed by atoms with E-state index in [4.69, 9.17) is 0 Å². The first-order valence-corrected chi connectivity index (χ1v) is 6.29. The van der Waals surface area contributed by atoms with Gasteiger partial charge < -0.3 is 0 Å². The van der Waals surface area contributed by atoms with Gasteiger partial charge >= 0.3 is 0 Å². The molecule has 0 aliphatic heterocycles. The van der Waals surface area contributed by atoms with Crippen LogP contribution in [0.3, 0.4) is 0 Å². The Morgan fingerprint density at radius 1 is 1.12 bits per heavy atom. The maximum absolute atomic E-state index is 12.8. The molecule has 0 aliphatic carbocycles. The molecule has 1 aromatic heterocycles. The van der Waals surface area contributed by atoms with Crippen molar-refractivity contribution in [2.24, 2.45) is 5.92 Å². The van der Waals surface area contributed by atoms with Gasteiger partial charge in [0.05, 0.1) is 4.88 Å². The second-order valence-corrected chi connectivity index (χ2v) is 5.27. The second-order valence-electron chi connectivity index (χ2n) is 4.19. The van der Waals surface area contributed by atoms with Crippen molar-refractivity contribution >= 4 is 17.1 Å². The van der Waals surface area contributed by atoms with E-state index in [1.807, 2.05) is 26.0 Å². The summed E-state index contributed by atoms with van der Waals surface area (Å²) in [5.41, 5.74) is 0.944. The molecular formula is C14H13FOS. The largest absolute Gasteiger partial charge is 0.293 e. The maximum Gasteiger partial charge on any atom is 0.175 e. The zero-order chi connectivity index (χ0) is 12.4. The van der Waals surface area contributed by atoms with Crippen molar-refractivity contribution in [3.8, 4) is 10.4 Å². The van der Waals surface area contributed by atoms with Crippen molar-refractivity contribution in [2.45, 2.75) is 13.8 Å². The average molecular weight is 248 g/mol. The van der Waals surface area contributed by atoms with Crippen LogP contribution in [0, 0.1) is 11.7 Å². The first-order chi connectivity index (χ1) is 8.08. The van der Waals surface area contributed by atoms with Crippen LogP contribution >= 0.6 is 11.3 Å². The van der Waals surface area contributed by atoms with Gasteiger partial charge in [-0.2, -0.15) is 0 Å². The van der Waals surface area contributed by atoms with E-state index in [-0.39, 0.29) is 17.5 Å².